The van der Waals surface area contributed by atoms with Gasteiger partial charge in [-0.15, -0.1) is 0 Å². The van der Waals surface area contributed by atoms with Crippen molar-refractivity contribution in [3.8, 4) is 0 Å². The van der Waals surface area contributed by atoms with Crippen LogP contribution in [0.25, 0.3) is 0 Å². The van der Waals surface area contributed by atoms with Crippen molar-refractivity contribution < 1.29 is 19.5 Å². The quantitative estimate of drug-likeness (QED) is 0.649. The van der Waals surface area contributed by atoms with Gasteiger partial charge in [-0.3, -0.25) is 9.59 Å². The molecular weight excluding hydrogens is 250 g/mol. The Morgan fingerprint density at radius 1 is 1.26 bits per heavy atom. The molecular formula is C12H21N3O4. The molecule has 0 radical (unpaired) electrons. The third-order valence-corrected chi connectivity index (χ3v) is 3.29. The lowest BCUT2D eigenvalue weighted by Gasteiger charge is -2.18. The Hall–Kier alpha value is -1.79. The predicted octanol–water partition coefficient (Wildman–Crippen LogP) is -0.125. The highest BCUT2D eigenvalue weighted by molar-refractivity contribution is 5.86. The van der Waals surface area contributed by atoms with Crippen LogP contribution in [0.2, 0.25) is 0 Å². The first kappa shape index (κ1) is 15.3. The fraction of sp³-hybridized carbons (Fsp3) is 0.750. The molecule has 1 aliphatic rings. The zero-order valence-electron chi connectivity index (χ0n) is 11.3. The van der Waals surface area contributed by atoms with Gasteiger partial charge in [0.25, 0.3) is 0 Å². The van der Waals surface area contributed by atoms with Crippen molar-refractivity contribution in [2.75, 3.05) is 26.2 Å². The van der Waals surface area contributed by atoms with Crippen molar-refractivity contribution in [1.82, 2.24) is 15.5 Å². The Morgan fingerprint density at radius 2 is 1.95 bits per heavy atom. The Kier molecular flexibility index (Phi) is 5.59. The van der Waals surface area contributed by atoms with Crippen molar-refractivity contribution in [1.29, 1.82) is 0 Å². The number of likely N-dealkylation sites (tertiary alicyclic amines) is 1. The second kappa shape index (κ2) is 6.96. The number of carboxylic acids is 1. The summed E-state index contributed by atoms with van der Waals surface area (Å²) in [4.78, 5) is 34.9. The molecule has 1 unspecified atom stereocenters. The molecule has 0 aromatic rings. The summed E-state index contributed by atoms with van der Waals surface area (Å²) in [6.45, 7) is 5.03. The van der Waals surface area contributed by atoms with Gasteiger partial charge in [-0.05, 0) is 18.3 Å². The highest BCUT2D eigenvalue weighted by atomic mass is 16.4. The molecule has 3 amide bonds. The highest BCUT2D eigenvalue weighted by Crippen LogP contribution is 2.23. The first-order valence-electron chi connectivity index (χ1n) is 6.41. The second-order valence-corrected chi connectivity index (χ2v) is 5.07. The molecule has 1 saturated heterocycles. The molecule has 108 valence electrons. The number of nitrogens with one attached hydrogen (secondary N) is 2. The van der Waals surface area contributed by atoms with Gasteiger partial charge in [0.15, 0.2) is 0 Å². The molecule has 7 nitrogen and oxygen atoms in total. The van der Waals surface area contributed by atoms with E-state index in [1.165, 1.54) is 0 Å². The van der Waals surface area contributed by atoms with Crippen LogP contribution in [-0.4, -0.2) is 54.1 Å². The van der Waals surface area contributed by atoms with Crippen molar-refractivity contribution in [3.05, 3.63) is 0 Å². The SMILES string of the molecule is CC(C)C1CCN(C(=O)NCC(=O)NCC(=O)O)C1. The van der Waals surface area contributed by atoms with Crippen LogP contribution in [0.1, 0.15) is 20.3 Å². The Balaban J connectivity index is 2.25. The van der Waals surface area contributed by atoms with E-state index in [1.807, 2.05) is 0 Å². The zero-order valence-corrected chi connectivity index (χ0v) is 11.3. The summed E-state index contributed by atoms with van der Waals surface area (Å²) in [5.74, 6) is -0.572. The Labute approximate surface area is 112 Å². The molecule has 1 atom stereocenters. The molecule has 3 N–H and O–H groups in total. The Bertz CT molecular complexity index is 357. The summed E-state index contributed by atoms with van der Waals surface area (Å²) >= 11 is 0. The molecule has 0 aromatic heterocycles. The van der Waals surface area contributed by atoms with Gasteiger partial charge in [0, 0.05) is 13.1 Å². The summed E-state index contributed by atoms with van der Waals surface area (Å²) in [5.41, 5.74) is 0. The van der Waals surface area contributed by atoms with Gasteiger partial charge in [0.2, 0.25) is 5.91 Å². The molecule has 19 heavy (non-hydrogen) atoms. The predicted molar refractivity (Wildman–Crippen MR) is 68.6 cm³/mol. The number of aliphatic carboxylic acids is 1. The minimum absolute atomic E-state index is 0.199. The summed E-state index contributed by atoms with van der Waals surface area (Å²) < 4.78 is 0. The van der Waals surface area contributed by atoms with E-state index in [9.17, 15) is 14.4 Å². The van der Waals surface area contributed by atoms with Gasteiger partial charge in [0.1, 0.15) is 6.54 Å². The number of carbonyl (C=O) groups excluding carboxylic acids is 2. The van der Waals surface area contributed by atoms with E-state index in [4.69, 9.17) is 5.11 Å². The summed E-state index contributed by atoms with van der Waals surface area (Å²) in [6.07, 6.45) is 0.982. The maximum atomic E-state index is 11.8. The van der Waals surface area contributed by atoms with E-state index in [-0.39, 0.29) is 12.6 Å². The average molecular weight is 271 g/mol. The van der Waals surface area contributed by atoms with E-state index < -0.39 is 18.4 Å². The van der Waals surface area contributed by atoms with Crippen molar-refractivity contribution in [2.45, 2.75) is 20.3 Å². The number of rotatable bonds is 5. The van der Waals surface area contributed by atoms with Gasteiger partial charge in [-0.25, -0.2) is 4.79 Å². The maximum Gasteiger partial charge on any atom is 0.322 e. The van der Waals surface area contributed by atoms with E-state index in [1.54, 1.807) is 4.90 Å². The molecule has 1 heterocycles. The molecule has 1 aliphatic heterocycles. The van der Waals surface area contributed by atoms with Crippen LogP contribution in [0.3, 0.4) is 0 Å². The first-order valence-corrected chi connectivity index (χ1v) is 6.41. The fourth-order valence-electron chi connectivity index (χ4n) is 2.02. The van der Waals surface area contributed by atoms with Crippen molar-refractivity contribution in [2.24, 2.45) is 11.8 Å². The maximum absolute atomic E-state index is 11.8. The number of urea groups is 1. The number of carbonyl (C=O) groups is 3. The van der Waals surface area contributed by atoms with Gasteiger partial charge in [-0.2, -0.15) is 0 Å². The van der Waals surface area contributed by atoms with Crippen LogP contribution >= 0.6 is 0 Å². The van der Waals surface area contributed by atoms with Gasteiger partial charge >= 0.3 is 12.0 Å². The smallest absolute Gasteiger partial charge is 0.322 e. The highest BCUT2D eigenvalue weighted by Gasteiger charge is 2.28. The standard InChI is InChI=1S/C12H21N3O4/c1-8(2)9-3-4-15(7-9)12(19)14-5-10(16)13-6-11(17)18/h8-9H,3-7H2,1-2H3,(H,13,16)(H,14,19)(H,17,18). The molecule has 7 heteroatoms. The lowest BCUT2D eigenvalue weighted by molar-refractivity contribution is -0.137. The van der Waals surface area contributed by atoms with Gasteiger partial charge in [0.05, 0.1) is 6.54 Å². The summed E-state index contributed by atoms with van der Waals surface area (Å²) in [7, 11) is 0. The zero-order chi connectivity index (χ0) is 14.4. The Morgan fingerprint density at radius 3 is 2.47 bits per heavy atom. The number of carboxylic acid groups (broad SMARTS) is 1. The number of hydrogen-bond acceptors (Lipinski definition) is 3. The van der Waals surface area contributed by atoms with Gasteiger partial charge < -0.3 is 20.6 Å². The fourth-order valence-corrected chi connectivity index (χ4v) is 2.02. The minimum Gasteiger partial charge on any atom is -0.480 e. The van der Waals surface area contributed by atoms with Crippen molar-refractivity contribution >= 4 is 17.9 Å². The van der Waals surface area contributed by atoms with Crippen LogP contribution in [-0.2, 0) is 9.59 Å². The molecule has 1 rings (SSSR count). The van der Waals surface area contributed by atoms with E-state index >= 15 is 0 Å². The van der Waals surface area contributed by atoms with E-state index in [0.717, 1.165) is 6.42 Å². The topological polar surface area (TPSA) is 98.7 Å². The molecule has 0 aliphatic carbocycles. The normalized spacial score (nSPS) is 18.5. The van der Waals surface area contributed by atoms with Crippen LogP contribution < -0.4 is 10.6 Å². The molecule has 0 aromatic carbocycles. The van der Waals surface area contributed by atoms with Crippen LogP contribution in [0, 0.1) is 11.8 Å². The van der Waals surface area contributed by atoms with Crippen LogP contribution in [0.15, 0.2) is 0 Å². The largest absolute Gasteiger partial charge is 0.480 e. The number of amides is 3. The third kappa shape index (κ3) is 5.15. The minimum atomic E-state index is -1.11. The second-order valence-electron chi connectivity index (χ2n) is 5.07. The lowest BCUT2D eigenvalue weighted by atomic mass is 9.95. The molecule has 0 spiro atoms. The lowest BCUT2D eigenvalue weighted by Crippen LogP contribution is -2.44. The third-order valence-electron chi connectivity index (χ3n) is 3.29. The van der Waals surface area contributed by atoms with Crippen molar-refractivity contribution in [3.63, 3.8) is 0 Å². The molecule has 0 saturated carbocycles. The summed E-state index contributed by atoms with van der Waals surface area (Å²) in [6, 6.07) is -0.270. The monoisotopic (exact) mass is 271 g/mol. The molecule has 0 bridgehead atoms. The van der Waals surface area contributed by atoms with Gasteiger partial charge in [-0.1, -0.05) is 13.8 Å². The number of hydrogen-bond donors (Lipinski definition) is 3. The number of nitrogens with zero attached hydrogens (tertiary/aromatic N) is 1. The van der Waals surface area contributed by atoms with Crippen LogP contribution in [0.4, 0.5) is 4.79 Å². The van der Waals surface area contributed by atoms with E-state index in [2.05, 4.69) is 24.5 Å². The first-order chi connectivity index (χ1) is 8.90. The average Bonchev–Trinajstić information content (AvgIpc) is 2.83. The summed E-state index contributed by atoms with van der Waals surface area (Å²) in [5, 5.41) is 13.1. The molecule has 1 fully saturated rings. The van der Waals surface area contributed by atoms with Crippen LogP contribution in [0.5, 0.6) is 0 Å². The van der Waals surface area contributed by atoms with E-state index in [0.29, 0.717) is 24.9 Å².